The van der Waals surface area contributed by atoms with Gasteiger partial charge in [0.25, 0.3) is 5.91 Å². The van der Waals surface area contributed by atoms with Crippen LogP contribution in [-0.4, -0.2) is 45.3 Å². The Bertz CT molecular complexity index is 1520. The number of carbonyl (C=O) groups is 1. The van der Waals surface area contributed by atoms with E-state index in [1.165, 1.54) is 19.2 Å². The highest BCUT2D eigenvalue weighted by Crippen LogP contribution is 2.37. The van der Waals surface area contributed by atoms with Crippen LogP contribution in [0.3, 0.4) is 0 Å². The van der Waals surface area contributed by atoms with E-state index in [1.807, 2.05) is 0 Å². The number of amides is 1. The molecule has 0 radical (unpaired) electrons. The molecule has 1 aliphatic rings. The molecule has 1 amide bonds. The normalized spacial score (nSPS) is 17.9. The van der Waals surface area contributed by atoms with Gasteiger partial charge in [0.15, 0.2) is 16.6 Å². The fourth-order valence-electron chi connectivity index (χ4n) is 4.19. The first-order valence-corrected chi connectivity index (χ1v) is 12.2. The maximum absolute atomic E-state index is 13.3. The number of ether oxygens (including phenoxy) is 2. The van der Waals surface area contributed by atoms with E-state index in [-0.39, 0.29) is 45.9 Å². The third-order valence-corrected chi connectivity index (χ3v) is 6.37. The van der Waals surface area contributed by atoms with Crippen molar-refractivity contribution in [2.45, 2.75) is 44.1 Å². The number of benzene rings is 1. The monoisotopic (exact) mass is 562 g/mol. The van der Waals surface area contributed by atoms with Crippen LogP contribution in [0.15, 0.2) is 40.8 Å². The van der Waals surface area contributed by atoms with E-state index in [0.717, 1.165) is 6.07 Å². The number of fused-ring (bicyclic) bond motifs is 1. The van der Waals surface area contributed by atoms with Gasteiger partial charge in [0.05, 0.1) is 13.2 Å². The number of halogens is 4. The van der Waals surface area contributed by atoms with Gasteiger partial charge in [0, 0.05) is 35.9 Å². The number of carbonyl (C=O) groups excluding carboxylic acids is 1. The maximum Gasteiger partial charge on any atom is 0.433 e. The smallest absolute Gasteiger partial charge is 0.433 e. The molecule has 1 aromatic carbocycles. The van der Waals surface area contributed by atoms with Gasteiger partial charge in [-0.2, -0.15) is 13.2 Å². The largest absolute Gasteiger partial charge is 0.494 e. The molecule has 3 aromatic heterocycles. The molecule has 0 spiro atoms. The van der Waals surface area contributed by atoms with Crippen LogP contribution in [0.2, 0.25) is 5.15 Å². The van der Waals surface area contributed by atoms with Crippen LogP contribution in [0, 0.1) is 0 Å². The lowest BCUT2D eigenvalue weighted by Gasteiger charge is -2.35. The lowest BCUT2D eigenvalue weighted by molar-refractivity contribution is -0.140. The van der Waals surface area contributed by atoms with Gasteiger partial charge in [-0.05, 0) is 37.3 Å². The summed E-state index contributed by atoms with van der Waals surface area (Å²) in [5, 5.41) is 11.0. The number of aromatic nitrogens is 4. The second kappa shape index (κ2) is 10.3. The van der Waals surface area contributed by atoms with Crippen LogP contribution < -0.4 is 20.5 Å². The van der Waals surface area contributed by atoms with Gasteiger partial charge in [0.2, 0.25) is 11.8 Å². The van der Waals surface area contributed by atoms with Crippen molar-refractivity contribution in [2.75, 3.05) is 7.11 Å². The fourth-order valence-corrected chi connectivity index (χ4v) is 4.29. The molecule has 0 bridgehead atoms. The zero-order chi connectivity index (χ0) is 27.9. The zero-order valence-corrected chi connectivity index (χ0v) is 21.4. The Balaban J connectivity index is 1.38. The predicted molar refractivity (Wildman–Crippen MR) is 133 cm³/mol. The van der Waals surface area contributed by atoms with Gasteiger partial charge < -0.3 is 24.9 Å². The molecule has 1 atom stereocenters. The molecule has 1 aliphatic carbocycles. The van der Waals surface area contributed by atoms with Crippen LogP contribution in [0.25, 0.3) is 22.4 Å². The summed E-state index contributed by atoms with van der Waals surface area (Å²) < 4.78 is 56.6. The van der Waals surface area contributed by atoms with E-state index in [0.29, 0.717) is 29.7 Å². The first-order chi connectivity index (χ1) is 18.5. The van der Waals surface area contributed by atoms with Crippen LogP contribution in [0.4, 0.5) is 13.2 Å². The summed E-state index contributed by atoms with van der Waals surface area (Å²) in [4.78, 5) is 21.2. The van der Waals surface area contributed by atoms with Crippen molar-refractivity contribution in [3.63, 3.8) is 0 Å². The lowest BCUT2D eigenvalue weighted by Crippen LogP contribution is -2.49. The molecule has 204 valence electrons. The topological polar surface area (TPSA) is 138 Å². The number of alkyl halides is 3. The Morgan fingerprint density at radius 1 is 1.15 bits per heavy atom. The maximum atomic E-state index is 13.3. The molecule has 39 heavy (non-hydrogen) atoms. The number of nitrogens with zero attached hydrogens (tertiary/aromatic N) is 4. The lowest BCUT2D eigenvalue weighted by atomic mass is 9.89. The fraction of sp³-hybridized carbons (Fsp3) is 0.320. The van der Waals surface area contributed by atoms with Gasteiger partial charge >= 0.3 is 6.18 Å². The summed E-state index contributed by atoms with van der Waals surface area (Å²) in [5.74, 6) is 0.122. The van der Waals surface area contributed by atoms with Crippen LogP contribution in [0.1, 0.15) is 47.7 Å². The quantitative estimate of drug-likeness (QED) is 0.327. The van der Waals surface area contributed by atoms with E-state index >= 15 is 0 Å². The standard InChI is InChI=1S/C25H22ClF3N6O4/c1-11(30)22-21(23(36)31-12-9-13(10-12)38-19-8-7-18(26)34-35-19)33-24(39-22)15-3-5-16(37-2)20-14(15)4-6-17(32-20)25(27,28)29/h3-8,11-13H,9-10,30H2,1-2H3,(H,31,36)/t11-,12-,13+/m0/s1. The second-order valence-corrected chi connectivity index (χ2v) is 9.39. The van der Waals surface area contributed by atoms with Crippen LogP contribution in [-0.2, 0) is 6.18 Å². The summed E-state index contributed by atoms with van der Waals surface area (Å²) in [6.07, 6.45) is -3.74. The van der Waals surface area contributed by atoms with E-state index < -0.39 is 23.8 Å². The number of nitrogens with two attached hydrogens (primary N) is 1. The summed E-state index contributed by atoms with van der Waals surface area (Å²) >= 11 is 5.73. The molecule has 10 nitrogen and oxygen atoms in total. The summed E-state index contributed by atoms with van der Waals surface area (Å²) in [7, 11) is 1.33. The number of rotatable bonds is 7. The highest BCUT2D eigenvalue weighted by atomic mass is 35.5. The number of oxazole rings is 1. The van der Waals surface area contributed by atoms with Crippen molar-refractivity contribution >= 4 is 28.4 Å². The average molecular weight is 563 g/mol. The average Bonchev–Trinajstić information content (AvgIpc) is 3.33. The minimum absolute atomic E-state index is 0.0118. The number of hydrogen-bond acceptors (Lipinski definition) is 9. The highest BCUT2D eigenvalue weighted by Gasteiger charge is 2.35. The van der Waals surface area contributed by atoms with E-state index in [2.05, 4.69) is 25.5 Å². The Hall–Kier alpha value is -3.97. The van der Waals surface area contributed by atoms with Crippen molar-refractivity contribution in [2.24, 2.45) is 5.73 Å². The van der Waals surface area contributed by atoms with Gasteiger partial charge in [-0.1, -0.05) is 11.6 Å². The number of methoxy groups -OCH3 is 1. The summed E-state index contributed by atoms with van der Waals surface area (Å²) in [5.41, 5.74) is 5.27. The first-order valence-electron chi connectivity index (χ1n) is 11.8. The van der Waals surface area contributed by atoms with Crippen molar-refractivity contribution < 1.29 is 31.9 Å². The van der Waals surface area contributed by atoms with Crippen molar-refractivity contribution in [3.8, 4) is 23.1 Å². The van der Waals surface area contributed by atoms with Crippen LogP contribution in [0.5, 0.6) is 11.6 Å². The van der Waals surface area contributed by atoms with Crippen LogP contribution >= 0.6 is 11.6 Å². The Kier molecular flexibility index (Phi) is 7.03. The van der Waals surface area contributed by atoms with E-state index in [4.69, 9.17) is 31.2 Å². The Labute approximate surface area is 224 Å². The minimum atomic E-state index is -4.64. The summed E-state index contributed by atoms with van der Waals surface area (Å²) in [6, 6.07) is 7.45. The predicted octanol–water partition coefficient (Wildman–Crippen LogP) is 4.72. The first kappa shape index (κ1) is 26.6. The molecule has 0 unspecified atom stereocenters. The number of hydrogen-bond donors (Lipinski definition) is 2. The molecule has 1 fully saturated rings. The Morgan fingerprint density at radius 2 is 1.92 bits per heavy atom. The molecule has 0 aliphatic heterocycles. The van der Waals surface area contributed by atoms with Crippen molar-refractivity contribution in [1.82, 2.24) is 25.5 Å². The molecule has 1 saturated carbocycles. The summed E-state index contributed by atoms with van der Waals surface area (Å²) in [6.45, 7) is 1.63. The van der Waals surface area contributed by atoms with Gasteiger partial charge in [0.1, 0.15) is 23.1 Å². The van der Waals surface area contributed by atoms with Crippen molar-refractivity contribution in [3.05, 3.63) is 58.7 Å². The van der Waals surface area contributed by atoms with E-state index in [1.54, 1.807) is 25.1 Å². The number of pyridine rings is 1. The molecule has 3 N–H and O–H groups in total. The molecule has 5 rings (SSSR count). The molecule has 4 aromatic rings. The van der Waals surface area contributed by atoms with Gasteiger partial charge in [-0.25, -0.2) is 9.97 Å². The third kappa shape index (κ3) is 5.45. The zero-order valence-electron chi connectivity index (χ0n) is 20.6. The Morgan fingerprint density at radius 3 is 2.56 bits per heavy atom. The SMILES string of the molecule is COc1ccc(-c2nc(C(=O)N[C@H]3C[C@@H](Oc4ccc(Cl)nn4)C3)c([C@H](C)N)o2)c2ccc(C(F)(F)F)nc12. The van der Waals surface area contributed by atoms with Gasteiger partial charge in [-0.3, -0.25) is 4.79 Å². The molecular weight excluding hydrogens is 541 g/mol. The van der Waals surface area contributed by atoms with Gasteiger partial charge in [-0.15, -0.1) is 10.2 Å². The second-order valence-electron chi connectivity index (χ2n) is 9.00. The highest BCUT2D eigenvalue weighted by molar-refractivity contribution is 6.29. The minimum Gasteiger partial charge on any atom is -0.494 e. The molecule has 3 heterocycles. The number of nitrogens with one attached hydrogen (secondary N) is 1. The molecular formula is C25H22ClF3N6O4. The molecule has 14 heteroatoms. The van der Waals surface area contributed by atoms with E-state index in [9.17, 15) is 18.0 Å². The molecule has 0 saturated heterocycles. The third-order valence-electron chi connectivity index (χ3n) is 6.17. The van der Waals surface area contributed by atoms with Crippen molar-refractivity contribution in [1.29, 1.82) is 0 Å².